The molecule has 1 atom stereocenters. The Bertz CT molecular complexity index is 564. The first-order valence-corrected chi connectivity index (χ1v) is 9.85. The van der Waals surface area contributed by atoms with Crippen molar-refractivity contribution in [1.82, 2.24) is 15.2 Å². The van der Waals surface area contributed by atoms with Crippen molar-refractivity contribution in [3.63, 3.8) is 0 Å². The Balaban J connectivity index is 1.61. The predicted molar refractivity (Wildman–Crippen MR) is 99.9 cm³/mol. The fourth-order valence-electron chi connectivity index (χ4n) is 3.97. The van der Waals surface area contributed by atoms with Gasteiger partial charge in [-0.25, -0.2) is 4.98 Å². The van der Waals surface area contributed by atoms with Gasteiger partial charge in [0.05, 0.1) is 25.8 Å². The van der Waals surface area contributed by atoms with Crippen LogP contribution in [0.1, 0.15) is 56.6 Å². The first-order chi connectivity index (χ1) is 12.7. The fraction of sp³-hybridized carbons (Fsp3) is 0.700. The molecule has 1 amide bonds. The lowest BCUT2D eigenvalue weighted by atomic mass is 9.75. The second-order valence-electron chi connectivity index (χ2n) is 7.61. The van der Waals surface area contributed by atoms with Gasteiger partial charge in [0, 0.05) is 12.3 Å². The molecule has 1 aromatic rings. The summed E-state index contributed by atoms with van der Waals surface area (Å²) in [5, 5.41) is 12.9. The van der Waals surface area contributed by atoms with Gasteiger partial charge in [-0.3, -0.25) is 9.69 Å². The maximum Gasteiger partial charge on any atom is 0.234 e. The fourth-order valence-corrected chi connectivity index (χ4v) is 3.97. The largest absolute Gasteiger partial charge is 0.481 e. The molecule has 2 fully saturated rings. The number of nitrogens with one attached hydrogen (secondary N) is 1. The first kappa shape index (κ1) is 19.1. The Kier molecular flexibility index (Phi) is 6.86. The van der Waals surface area contributed by atoms with E-state index in [2.05, 4.69) is 15.2 Å². The Morgan fingerprint density at radius 1 is 1.27 bits per heavy atom. The normalized spacial score (nSPS) is 25.5. The number of aromatic nitrogens is 1. The average molecular weight is 361 g/mol. The van der Waals surface area contributed by atoms with E-state index in [0.717, 1.165) is 31.5 Å². The van der Waals surface area contributed by atoms with Gasteiger partial charge in [-0.15, -0.1) is 0 Å². The molecule has 1 aliphatic heterocycles. The molecule has 0 aromatic carbocycles. The van der Waals surface area contributed by atoms with Crippen molar-refractivity contribution in [3.8, 4) is 5.88 Å². The number of amides is 1. The van der Waals surface area contributed by atoms with Crippen LogP contribution in [0.25, 0.3) is 0 Å². The average Bonchev–Trinajstić information content (AvgIpc) is 2.59. The number of pyridine rings is 1. The molecule has 6 nitrogen and oxygen atoms in total. The highest BCUT2D eigenvalue weighted by molar-refractivity contribution is 5.78. The Morgan fingerprint density at radius 2 is 1.96 bits per heavy atom. The van der Waals surface area contributed by atoms with Crippen LogP contribution in [0.4, 0.5) is 0 Å². The molecule has 0 radical (unpaired) electrons. The zero-order valence-electron chi connectivity index (χ0n) is 15.7. The lowest BCUT2D eigenvalue weighted by Gasteiger charge is -2.38. The molecule has 144 valence electrons. The van der Waals surface area contributed by atoms with Crippen LogP contribution in [-0.2, 0) is 4.79 Å². The minimum absolute atomic E-state index is 0.0628. The van der Waals surface area contributed by atoms with Crippen molar-refractivity contribution < 1.29 is 14.6 Å². The summed E-state index contributed by atoms with van der Waals surface area (Å²) in [6.07, 6.45) is 9.15. The highest BCUT2D eigenvalue weighted by atomic mass is 16.5. The lowest BCUT2D eigenvalue weighted by Crippen LogP contribution is -2.45. The molecule has 0 unspecified atom stereocenters. The summed E-state index contributed by atoms with van der Waals surface area (Å²) < 4.78 is 5.13. The van der Waals surface area contributed by atoms with Gasteiger partial charge in [0.15, 0.2) is 0 Å². The van der Waals surface area contributed by atoms with Crippen molar-refractivity contribution >= 4 is 5.91 Å². The summed E-state index contributed by atoms with van der Waals surface area (Å²) in [6.45, 7) is 2.46. The molecule has 2 N–H and O–H groups in total. The highest BCUT2D eigenvalue weighted by Crippen LogP contribution is 2.38. The van der Waals surface area contributed by atoms with Crippen LogP contribution >= 0.6 is 0 Å². The monoisotopic (exact) mass is 361 g/mol. The summed E-state index contributed by atoms with van der Waals surface area (Å²) in [4.78, 5) is 19.2. The summed E-state index contributed by atoms with van der Waals surface area (Å²) in [5.74, 6) is 0.886. The zero-order valence-corrected chi connectivity index (χ0v) is 15.7. The molecule has 1 saturated carbocycles. The van der Waals surface area contributed by atoms with Gasteiger partial charge in [0.2, 0.25) is 11.8 Å². The van der Waals surface area contributed by atoms with Crippen molar-refractivity contribution in [1.29, 1.82) is 0 Å². The number of likely N-dealkylation sites (tertiary alicyclic amines) is 1. The van der Waals surface area contributed by atoms with Crippen molar-refractivity contribution in [2.24, 2.45) is 5.92 Å². The summed E-state index contributed by atoms with van der Waals surface area (Å²) in [5.41, 5.74) is 0.976. The van der Waals surface area contributed by atoms with Gasteiger partial charge in [-0.1, -0.05) is 25.3 Å². The quantitative estimate of drug-likeness (QED) is 0.813. The minimum atomic E-state index is -0.250. The second-order valence-corrected chi connectivity index (χ2v) is 7.61. The molecule has 0 bridgehead atoms. The molecule has 3 rings (SSSR count). The van der Waals surface area contributed by atoms with Crippen molar-refractivity contribution in [2.75, 3.05) is 26.7 Å². The summed E-state index contributed by atoms with van der Waals surface area (Å²) in [7, 11) is 1.59. The number of hydrogen-bond acceptors (Lipinski definition) is 5. The zero-order chi connectivity index (χ0) is 18.4. The number of rotatable bonds is 6. The van der Waals surface area contributed by atoms with Crippen LogP contribution in [-0.4, -0.2) is 53.7 Å². The second kappa shape index (κ2) is 9.33. The summed E-state index contributed by atoms with van der Waals surface area (Å²) in [6, 6.07) is 3.68. The van der Waals surface area contributed by atoms with Gasteiger partial charge < -0.3 is 15.2 Å². The smallest absolute Gasteiger partial charge is 0.234 e. The van der Waals surface area contributed by atoms with Crippen molar-refractivity contribution in [3.05, 3.63) is 23.9 Å². The van der Waals surface area contributed by atoms with Crippen LogP contribution in [0.15, 0.2) is 18.3 Å². The summed E-state index contributed by atoms with van der Waals surface area (Å²) >= 11 is 0. The van der Waals surface area contributed by atoms with Crippen LogP contribution in [0.3, 0.4) is 0 Å². The number of ether oxygens (including phenoxy) is 1. The van der Waals surface area contributed by atoms with E-state index in [1.54, 1.807) is 13.3 Å². The van der Waals surface area contributed by atoms with E-state index >= 15 is 0 Å². The van der Waals surface area contributed by atoms with Gasteiger partial charge >= 0.3 is 0 Å². The van der Waals surface area contributed by atoms with E-state index in [-0.39, 0.29) is 24.0 Å². The number of hydrogen-bond donors (Lipinski definition) is 2. The van der Waals surface area contributed by atoms with Crippen LogP contribution < -0.4 is 10.1 Å². The topological polar surface area (TPSA) is 74.7 Å². The molecule has 2 aliphatic rings. The first-order valence-electron chi connectivity index (χ1n) is 9.85. The third-order valence-corrected chi connectivity index (χ3v) is 5.58. The van der Waals surface area contributed by atoms with E-state index in [1.165, 1.54) is 32.1 Å². The molecule has 2 heterocycles. The van der Waals surface area contributed by atoms with E-state index in [4.69, 9.17) is 4.74 Å². The number of aliphatic hydroxyl groups excluding tert-OH is 1. The maximum atomic E-state index is 12.7. The molecule has 1 saturated heterocycles. The van der Waals surface area contributed by atoms with Gasteiger partial charge in [0.25, 0.3) is 0 Å². The number of aliphatic hydroxyl groups is 1. The van der Waals surface area contributed by atoms with Gasteiger partial charge in [0.1, 0.15) is 0 Å². The maximum absolute atomic E-state index is 12.7. The van der Waals surface area contributed by atoms with Crippen molar-refractivity contribution in [2.45, 2.75) is 57.1 Å². The van der Waals surface area contributed by atoms with Crippen LogP contribution in [0, 0.1) is 5.92 Å². The van der Waals surface area contributed by atoms with E-state index in [1.807, 2.05) is 12.1 Å². The molecule has 1 aromatic heterocycles. The standard InChI is InChI=1S/C20H31N3O3/c1-26-19-8-7-15(13-21-19)20(16-11-17(24)12-16)22-18(25)14-23-9-5-3-2-4-6-10-23/h7-8,13,16-17,20,24H,2-6,9-12,14H2,1H3,(H,22,25)/t16?,17?,20-/m0/s1. The molecular weight excluding hydrogens is 330 g/mol. The Hall–Kier alpha value is -1.66. The number of carbonyl (C=O) groups is 1. The lowest BCUT2D eigenvalue weighted by molar-refractivity contribution is -0.124. The van der Waals surface area contributed by atoms with E-state index in [0.29, 0.717) is 12.4 Å². The van der Waals surface area contributed by atoms with E-state index in [9.17, 15) is 9.90 Å². The number of carbonyl (C=O) groups excluding carboxylic acids is 1. The van der Waals surface area contributed by atoms with Crippen LogP contribution in [0.2, 0.25) is 0 Å². The highest BCUT2D eigenvalue weighted by Gasteiger charge is 2.36. The van der Waals surface area contributed by atoms with Gasteiger partial charge in [-0.2, -0.15) is 0 Å². The Labute approximate surface area is 155 Å². The van der Waals surface area contributed by atoms with Gasteiger partial charge in [-0.05, 0) is 50.3 Å². The SMILES string of the molecule is COc1ccc([C@H](NC(=O)CN2CCCCCCC2)C2CC(O)C2)cn1. The number of nitrogens with zero attached hydrogens (tertiary/aromatic N) is 2. The third-order valence-electron chi connectivity index (χ3n) is 5.58. The number of methoxy groups -OCH3 is 1. The molecule has 26 heavy (non-hydrogen) atoms. The molecule has 6 heteroatoms. The third kappa shape index (κ3) is 5.17. The molecular formula is C20H31N3O3. The molecule has 1 aliphatic carbocycles. The predicted octanol–water partition coefficient (Wildman–Crippen LogP) is 2.28. The van der Waals surface area contributed by atoms with E-state index < -0.39 is 0 Å². The minimum Gasteiger partial charge on any atom is -0.481 e. The Morgan fingerprint density at radius 3 is 2.54 bits per heavy atom. The van der Waals surface area contributed by atoms with Crippen LogP contribution in [0.5, 0.6) is 5.88 Å². The molecule has 0 spiro atoms.